The number of hydrogen-bond acceptors (Lipinski definition) is 3. The average Bonchev–Trinajstić information content (AvgIpc) is 2.67. The molecule has 2 aromatic rings. The van der Waals surface area contributed by atoms with Gasteiger partial charge in [0.15, 0.2) is 5.78 Å². The molecular formula is C23H26N2O3. The first-order valence-electron chi connectivity index (χ1n) is 9.39. The van der Waals surface area contributed by atoms with Gasteiger partial charge in [-0.15, -0.1) is 0 Å². The molecule has 0 heterocycles. The smallest absolute Gasteiger partial charge is 0.251 e. The van der Waals surface area contributed by atoms with Gasteiger partial charge in [0.2, 0.25) is 5.91 Å². The zero-order valence-electron chi connectivity index (χ0n) is 16.5. The fourth-order valence-corrected chi connectivity index (χ4v) is 2.59. The molecular weight excluding hydrogens is 352 g/mol. The summed E-state index contributed by atoms with van der Waals surface area (Å²) in [4.78, 5) is 35.7. The molecule has 2 rings (SSSR count). The van der Waals surface area contributed by atoms with E-state index in [9.17, 15) is 14.4 Å². The highest BCUT2D eigenvalue weighted by Crippen LogP contribution is 2.13. The highest BCUT2D eigenvalue weighted by Gasteiger charge is 2.08. The number of amides is 2. The Morgan fingerprint density at radius 1 is 0.857 bits per heavy atom. The predicted octanol–water partition coefficient (Wildman–Crippen LogP) is 4.76. The minimum Gasteiger partial charge on any atom is -0.323 e. The third-order valence-electron chi connectivity index (χ3n) is 4.30. The molecule has 0 aromatic heterocycles. The summed E-state index contributed by atoms with van der Waals surface area (Å²) in [5.74, 6) is -0.773. The maximum absolute atomic E-state index is 12.2. The molecule has 5 nitrogen and oxygen atoms in total. The number of rotatable bonds is 8. The van der Waals surface area contributed by atoms with Gasteiger partial charge in [0.25, 0.3) is 5.91 Å². The molecule has 0 atom stereocenters. The summed E-state index contributed by atoms with van der Waals surface area (Å²) in [6.07, 6.45) is 4.58. The monoisotopic (exact) mass is 378 g/mol. The third-order valence-corrected chi connectivity index (χ3v) is 4.30. The first-order chi connectivity index (χ1) is 13.4. The van der Waals surface area contributed by atoms with E-state index in [-0.39, 0.29) is 23.2 Å². The number of unbranched alkanes of at least 4 members (excludes halogenated alkanes) is 1. The second kappa shape index (κ2) is 10.2. The van der Waals surface area contributed by atoms with Gasteiger partial charge in [0, 0.05) is 28.6 Å². The molecule has 0 aliphatic carbocycles. The third kappa shape index (κ3) is 6.50. The number of carbonyl (C=O) groups is 3. The lowest BCUT2D eigenvalue weighted by Gasteiger charge is -2.07. The lowest BCUT2D eigenvalue weighted by Crippen LogP contribution is -2.16. The van der Waals surface area contributed by atoms with Crippen LogP contribution < -0.4 is 10.6 Å². The van der Waals surface area contributed by atoms with Gasteiger partial charge in [-0.1, -0.05) is 25.5 Å². The second-order valence-electron chi connectivity index (χ2n) is 6.70. The summed E-state index contributed by atoms with van der Waals surface area (Å²) < 4.78 is 0. The maximum Gasteiger partial charge on any atom is 0.251 e. The summed E-state index contributed by atoms with van der Waals surface area (Å²) in [7, 11) is 0. The summed E-state index contributed by atoms with van der Waals surface area (Å²) in [6.45, 7) is 5.21. The van der Waals surface area contributed by atoms with E-state index in [1.165, 1.54) is 18.6 Å². The van der Waals surface area contributed by atoms with Gasteiger partial charge in [0.05, 0.1) is 0 Å². The van der Waals surface area contributed by atoms with Crippen LogP contribution in [0.1, 0.15) is 49.5 Å². The van der Waals surface area contributed by atoms with Crippen molar-refractivity contribution in [3.63, 3.8) is 0 Å². The lowest BCUT2D eigenvalue weighted by atomic mass is 10.1. The van der Waals surface area contributed by atoms with Crippen LogP contribution in [0.3, 0.4) is 0 Å². The van der Waals surface area contributed by atoms with Crippen LogP contribution in [0.4, 0.5) is 11.4 Å². The molecule has 0 aliphatic heterocycles. The molecule has 0 radical (unpaired) electrons. The molecule has 0 saturated carbocycles. The van der Waals surface area contributed by atoms with E-state index >= 15 is 0 Å². The number of nitrogens with one attached hydrogen (secondary N) is 2. The summed E-state index contributed by atoms with van der Waals surface area (Å²) >= 11 is 0. The Morgan fingerprint density at radius 2 is 1.43 bits per heavy atom. The first kappa shape index (κ1) is 21.1. The number of carbonyl (C=O) groups excluding carboxylic acids is 3. The summed E-state index contributed by atoms with van der Waals surface area (Å²) in [5.41, 5.74) is 3.35. The van der Waals surface area contributed by atoms with Crippen molar-refractivity contribution in [3.05, 3.63) is 71.3 Å². The zero-order chi connectivity index (χ0) is 20.5. The Hall–Kier alpha value is -3.21. The van der Waals surface area contributed by atoms with Crippen molar-refractivity contribution in [2.75, 3.05) is 10.6 Å². The standard InChI is InChI=1S/C23H26N2O3/c1-4-5-6-18-7-11-20(12-8-18)24-22(27)15-16(2)23(28)25-21-13-9-19(10-14-21)17(3)26/h7-15H,4-6H2,1-3H3,(H,24,27)(H,25,28)/b16-15-. The molecule has 2 amide bonds. The summed E-state index contributed by atoms with van der Waals surface area (Å²) in [5, 5.41) is 5.47. The van der Waals surface area contributed by atoms with Crippen molar-refractivity contribution in [2.24, 2.45) is 0 Å². The normalized spacial score (nSPS) is 11.0. The van der Waals surface area contributed by atoms with E-state index in [0.29, 0.717) is 16.9 Å². The van der Waals surface area contributed by atoms with Gasteiger partial charge in [-0.25, -0.2) is 0 Å². The van der Waals surface area contributed by atoms with Crippen LogP contribution in [-0.4, -0.2) is 17.6 Å². The van der Waals surface area contributed by atoms with Crippen LogP contribution in [0.2, 0.25) is 0 Å². The van der Waals surface area contributed by atoms with Crippen LogP contribution >= 0.6 is 0 Å². The quantitative estimate of drug-likeness (QED) is 0.514. The zero-order valence-corrected chi connectivity index (χ0v) is 16.5. The fourth-order valence-electron chi connectivity index (χ4n) is 2.59. The van der Waals surface area contributed by atoms with Crippen LogP contribution in [0.15, 0.2) is 60.2 Å². The van der Waals surface area contributed by atoms with E-state index in [2.05, 4.69) is 17.6 Å². The van der Waals surface area contributed by atoms with Crippen molar-refractivity contribution in [3.8, 4) is 0 Å². The van der Waals surface area contributed by atoms with E-state index < -0.39 is 0 Å². The number of aryl methyl sites for hydroxylation is 1. The van der Waals surface area contributed by atoms with Crippen LogP contribution in [0.25, 0.3) is 0 Å². The van der Waals surface area contributed by atoms with Crippen LogP contribution in [-0.2, 0) is 16.0 Å². The number of ketones is 1. The fraction of sp³-hybridized carbons (Fsp3) is 0.261. The SMILES string of the molecule is CCCCc1ccc(NC(=O)/C=C(/C)C(=O)Nc2ccc(C(C)=O)cc2)cc1. The molecule has 2 N–H and O–H groups in total. The van der Waals surface area contributed by atoms with Gasteiger partial charge in [0.1, 0.15) is 0 Å². The number of hydrogen-bond donors (Lipinski definition) is 2. The Kier molecular flexibility index (Phi) is 7.69. The van der Waals surface area contributed by atoms with Crippen molar-refractivity contribution in [1.29, 1.82) is 0 Å². The highest BCUT2D eigenvalue weighted by molar-refractivity contribution is 6.10. The largest absolute Gasteiger partial charge is 0.323 e. The molecule has 0 saturated heterocycles. The van der Waals surface area contributed by atoms with E-state index in [0.717, 1.165) is 19.3 Å². The van der Waals surface area contributed by atoms with E-state index in [1.54, 1.807) is 31.2 Å². The van der Waals surface area contributed by atoms with Crippen molar-refractivity contribution in [1.82, 2.24) is 0 Å². The molecule has 2 aromatic carbocycles. The maximum atomic E-state index is 12.2. The van der Waals surface area contributed by atoms with Crippen molar-refractivity contribution in [2.45, 2.75) is 40.0 Å². The second-order valence-corrected chi connectivity index (χ2v) is 6.70. The number of benzene rings is 2. The van der Waals surface area contributed by atoms with E-state index in [1.807, 2.05) is 24.3 Å². The predicted molar refractivity (Wildman–Crippen MR) is 113 cm³/mol. The lowest BCUT2D eigenvalue weighted by molar-refractivity contribution is -0.114. The van der Waals surface area contributed by atoms with Gasteiger partial charge < -0.3 is 10.6 Å². The minimum absolute atomic E-state index is 0.0379. The molecule has 0 spiro atoms. The van der Waals surface area contributed by atoms with Gasteiger partial charge >= 0.3 is 0 Å². The molecule has 146 valence electrons. The molecule has 0 unspecified atom stereocenters. The Balaban J connectivity index is 1.92. The van der Waals surface area contributed by atoms with Gasteiger partial charge in [-0.05, 0) is 68.7 Å². The van der Waals surface area contributed by atoms with Crippen LogP contribution in [0, 0.1) is 0 Å². The first-order valence-corrected chi connectivity index (χ1v) is 9.39. The number of Topliss-reactive ketones (excluding diaryl/α,β-unsaturated/α-hetero) is 1. The molecule has 28 heavy (non-hydrogen) atoms. The molecule has 0 fully saturated rings. The van der Waals surface area contributed by atoms with Gasteiger partial charge in [-0.3, -0.25) is 14.4 Å². The Labute approximate surface area is 165 Å². The Bertz CT molecular complexity index is 866. The Morgan fingerprint density at radius 3 is 2.00 bits per heavy atom. The van der Waals surface area contributed by atoms with E-state index in [4.69, 9.17) is 0 Å². The summed E-state index contributed by atoms with van der Waals surface area (Å²) in [6, 6.07) is 14.3. The highest BCUT2D eigenvalue weighted by atomic mass is 16.2. The van der Waals surface area contributed by atoms with Gasteiger partial charge in [-0.2, -0.15) is 0 Å². The average molecular weight is 378 g/mol. The van der Waals surface area contributed by atoms with Crippen molar-refractivity contribution >= 4 is 29.0 Å². The van der Waals surface area contributed by atoms with Crippen molar-refractivity contribution < 1.29 is 14.4 Å². The topological polar surface area (TPSA) is 75.3 Å². The minimum atomic E-state index is -0.374. The van der Waals surface area contributed by atoms with Crippen LogP contribution in [0.5, 0.6) is 0 Å². The molecule has 5 heteroatoms. The molecule has 0 aliphatic rings. The number of anilines is 2. The molecule has 0 bridgehead atoms.